The molecule has 0 aromatic carbocycles. The maximum absolute atomic E-state index is 11.9. The van der Waals surface area contributed by atoms with Gasteiger partial charge >= 0.3 is 5.97 Å². The van der Waals surface area contributed by atoms with Gasteiger partial charge in [0, 0.05) is 4.88 Å². The Morgan fingerprint density at radius 1 is 1.47 bits per heavy atom. The Bertz CT molecular complexity index is 396. The molecule has 4 heteroatoms. The highest BCUT2D eigenvalue weighted by Gasteiger charge is 2.41. The molecule has 1 rings (SSSR count). The molecule has 1 aromatic heterocycles. The summed E-state index contributed by atoms with van der Waals surface area (Å²) in [5.74, 6) is -0.177. The van der Waals surface area contributed by atoms with E-state index in [0.29, 0.717) is 0 Å². The molecule has 0 saturated heterocycles. The fraction of sp³-hybridized carbons (Fsp3) is 0.615. The molecule has 0 saturated carbocycles. The van der Waals surface area contributed by atoms with Crippen LogP contribution in [0, 0.1) is 12.3 Å². The van der Waals surface area contributed by atoms with Gasteiger partial charge in [0.2, 0.25) is 0 Å². The predicted octanol–water partition coefficient (Wildman–Crippen LogP) is 2.86. The summed E-state index contributed by atoms with van der Waals surface area (Å²) < 4.78 is 4.92. The summed E-state index contributed by atoms with van der Waals surface area (Å²) in [6.45, 7) is 5.95. The van der Waals surface area contributed by atoms with Crippen LogP contribution in [0.25, 0.3) is 0 Å². The number of aryl methyl sites for hydroxylation is 1. The Morgan fingerprint density at radius 3 is 2.41 bits per heavy atom. The van der Waals surface area contributed by atoms with Crippen LogP contribution in [-0.2, 0) is 9.53 Å². The number of carbonyl (C=O) groups excluding carboxylic acids is 1. The smallest absolute Gasteiger partial charge is 0.313 e. The van der Waals surface area contributed by atoms with E-state index in [4.69, 9.17) is 4.74 Å². The molecule has 0 spiro atoms. The Labute approximate surface area is 107 Å². The number of thiophene rings is 1. The number of methoxy groups -OCH3 is 1. The van der Waals surface area contributed by atoms with E-state index in [9.17, 15) is 4.79 Å². The predicted molar refractivity (Wildman–Crippen MR) is 71.3 cm³/mol. The zero-order valence-corrected chi connectivity index (χ0v) is 12.2. The fourth-order valence-corrected chi connectivity index (χ4v) is 3.55. The first-order valence-electron chi connectivity index (χ1n) is 5.61. The second-order valence-corrected chi connectivity index (χ2v) is 5.99. The van der Waals surface area contributed by atoms with E-state index >= 15 is 0 Å². The summed E-state index contributed by atoms with van der Waals surface area (Å²) in [7, 11) is 5.43. The van der Waals surface area contributed by atoms with Gasteiger partial charge in [-0.05, 0) is 51.9 Å². The molecule has 3 nitrogen and oxygen atoms in total. The molecule has 0 amide bonds. The van der Waals surface area contributed by atoms with Crippen LogP contribution in [0.5, 0.6) is 0 Å². The van der Waals surface area contributed by atoms with Gasteiger partial charge in [0.05, 0.1) is 18.6 Å². The standard InChI is InChI=1S/C13H21NO2S/c1-9-7-8-17-10(9)11(14(4)5)13(2,3)12(15)16-6/h7-8,11H,1-6H3. The van der Waals surface area contributed by atoms with Gasteiger partial charge in [-0.15, -0.1) is 11.3 Å². The second kappa shape index (κ2) is 5.19. The number of ether oxygens (including phenoxy) is 1. The van der Waals surface area contributed by atoms with Gasteiger partial charge in [-0.3, -0.25) is 4.79 Å². The first kappa shape index (κ1) is 14.2. The molecule has 0 fully saturated rings. The van der Waals surface area contributed by atoms with E-state index in [1.165, 1.54) is 17.6 Å². The molecule has 96 valence electrons. The summed E-state index contributed by atoms with van der Waals surface area (Å²) in [6, 6.07) is 2.12. The third-order valence-corrected chi connectivity index (χ3v) is 4.13. The lowest BCUT2D eigenvalue weighted by Crippen LogP contribution is -2.39. The third kappa shape index (κ3) is 2.69. The fourth-order valence-electron chi connectivity index (χ4n) is 2.25. The lowest BCUT2D eigenvalue weighted by Gasteiger charge is -2.36. The molecule has 1 heterocycles. The minimum Gasteiger partial charge on any atom is -0.469 e. The zero-order valence-electron chi connectivity index (χ0n) is 11.4. The van der Waals surface area contributed by atoms with E-state index in [2.05, 4.69) is 23.3 Å². The maximum atomic E-state index is 11.9. The van der Waals surface area contributed by atoms with Crippen molar-refractivity contribution >= 4 is 17.3 Å². The molecule has 0 radical (unpaired) electrons. The number of hydrogen-bond donors (Lipinski definition) is 0. The van der Waals surface area contributed by atoms with Gasteiger partial charge in [-0.2, -0.15) is 0 Å². The molecular formula is C13H21NO2S. The third-order valence-electron chi connectivity index (χ3n) is 3.06. The van der Waals surface area contributed by atoms with Gasteiger partial charge in [-0.25, -0.2) is 0 Å². The second-order valence-electron chi connectivity index (χ2n) is 5.05. The van der Waals surface area contributed by atoms with Crippen molar-refractivity contribution < 1.29 is 9.53 Å². The molecule has 0 N–H and O–H groups in total. The summed E-state index contributed by atoms with van der Waals surface area (Å²) in [5, 5.41) is 2.06. The van der Waals surface area contributed by atoms with Crippen LogP contribution in [0.1, 0.15) is 30.3 Å². The molecule has 0 bridgehead atoms. The minimum atomic E-state index is -0.562. The molecule has 0 aliphatic heterocycles. The Hall–Kier alpha value is -0.870. The number of esters is 1. The van der Waals surface area contributed by atoms with Gasteiger partial charge < -0.3 is 9.64 Å². The van der Waals surface area contributed by atoms with Crippen molar-refractivity contribution in [1.82, 2.24) is 4.90 Å². The number of hydrogen-bond acceptors (Lipinski definition) is 4. The average molecular weight is 255 g/mol. The Balaban J connectivity index is 3.19. The Kier molecular flexibility index (Phi) is 4.33. The van der Waals surface area contributed by atoms with Crippen molar-refractivity contribution in [2.75, 3.05) is 21.2 Å². The highest BCUT2D eigenvalue weighted by molar-refractivity contribution is 7.10. The molecular weight excluding hydrogens is 234 g/mol. The van der Waals surface area contributed by atoms with E-state index in [1.54, 1.807) is 11.3 Å². The largest absolute Gasteiger partial charge is 0.469 e. The van der Waals surface area contributed by atoms with Crippen molar-refractivity contribution in [3.63, 3.8) is 0 Å². The van der Waals surface area contributed by atoms with Gasteiger partial charge in [-0.1, -0.05) is 0 Å². The van der Waals surface area contributed by atoms with E-state index < -0.39 is 5.41 Å². The van der Waals surface area contributed by atoms with Crippen LogP contribution in [0.15, 0.2) is 11.4 Å². The van der Waals surface area contributed by atoms with Crippen molar-refractivity contribution in [2.45, 2.75) is 26.8 Å². The van der Waals surface area contributed by atoms with Crippen LogP contribution in [0.2, 0.25) is 0 Å². The van der Waals surface area contributed by atoms with Gasteiger partial charge in [0.15, 0.2) is 0 Å². The normalized spacial score (nSPS) is 13.8. The summed E-state index contributed by atoms with van der Waals surface area (Å²) in [4.78, 5) is 15.2. The minimum absolute atomic E-state index is 0.0370. The Morgan fingerprint density at radius 2 is 2.06 bits per heavy atom. The van der Waals surface area contributed by atoms with Crippen LogP contribution >= 0.6 is 11.3 Å². The van der Waals surface area contributed by atoms with E-state index in [1.807, 2.05) is 27.9 Å². The highest BCUT2D eigenvalue weighted by atomic mass is 32.1. The number of rotatable bonds is 4. The molecule has 1 aromatic rings. The lowest BCUT2D eigenvalue weighted by atomic mass is 9.82. The SMILES string of the molecule is COC(=O)C(C)(C)C(c1sccc1C)N(C)C. The van der Waals surface area contributed by atoms with Crippen molar-refractivity contribution in [1.29, 1.82) is 0 Å². The van der Waals surface area contributed by atoms with Crippen molar-refractivity contribution in [2.24, 2.45) is 5.41 Å². The summed E-state index contributed by atoms with van der Waals surface area (Å²) in [5.41, 5.74) is 0.666. The van der Waals surface area contributed by atoms with E-state index in [0.717, 1.165) is 0 Å². The molecule has 17 heavy (non-hydrogen) atoms. The average Bonchev–Trinajstić information content (AvgIpc) is 2.63. The van der Waals surface area contributed by atoms with Crippen LogP contribution in [0.3, 0.4) is 0 Å². The topological polar surface area (TPSA) is 29.5 Å². The zero-order chi connectivity index (χ0) is 13.2. The first-order valence-corrected chi connectivity index (χ1v) is 6.49. The van der Waals surface area contributed by atoms with Crippen molar-refractivity contribution in [3.8, 4) is 0 Å². The monoisotopic (exact) mass is 255 g/mol. The molecule has 0 aliphatic rings. The molecule has 1 atom stereocenters. The molecule has 1 unspecified atom stereocenters. The van der Waals surface area contributed by atoms with Crippen LogP contribution in [-0.4, -0.2) is 32.1 Å². The number of carbonyl (C=O) groups is 1. The highest BCUT2D eigenvalue weighted by Crippen LogP contribution is 2.41. The van der Waals surface area contributed by atoms with E-state index in [-0.39, 0.29) is 12.0 Å². The first-order chi connectivity index (χ1) is 7.82. The summed E-state index contributed by atoms with van der Waals surface area (Å²) >= 11 is 1.69. The van der Waals surface area contributed by atoms with Crippen molar-refractivity contribution in [3.05, 3.63) is 21.9 Å². The lowest BCUT2D eigenvalue weighted by molar-refractivity contribution is -0.154. The molecule has 0 aliphatic carbocycles. The van der Waals surface area contributed by atoms with Gasteiger partial charge in [0.25, 0.3) is 0 Å². The number of nitrogens with zero attached hydrogens (tertiary/aromatic N) is 1. The quantitative estimate of drug-likeness (QED) is 0.775. The summed E-state index contributed by atoms with van der Waals surface area (Å²) in [6.07, 6.45) is 0. The van der Waals surface area contributed by atoms with Gasteiger partial charge in [0.1, 0.15) is 0 Å². The maximum Gasteiger partial charge on any atom is 0.313 e. The van der Waals surface area contributed by atoms with Crippen LogP contribution < -0.4 is 0 Å². The van der Waals surface area contributed by atoms with Crippen LogP contribution in [0.4, 0.5) is 0 Å².